The third-order valence-corrected chi connectivity index (χ3v) is 5.35. The van der Waals surface area contributed by atoms with Crippen molar-refractivity contribution in [3.8, 4) is 0 Å². The molecule has 0 amide bonds. The highest BCUT2D eigenvalue weighted by molar-refractivity contribution is 9.11. The molecule has 0 aliphatic rings. The van der Waals surface area contributed by atoms with Gasteiger partial charge >= 0.3 is 0 Å². The Labute approximate surface area is 161 Å². The molecule has 0 unspecified atom stereocenters. The SMILES string of the molecule is COCCCNC(=NCc1nnc(C)n1C)N(C)Cc1ccc(Br)s1. The Bertz CT molecular complexity index is 699. The minimum atomic E-state index is 0.489. The summed E-state index contributed by atoms with van der Waals surface area (Å²) in [6.07, 6.45) is 0.928. The lowest BCUT2D eigenvalue weighted by Gasteiger charge is -2.22. The number of thiophene rings is 1. The third-order valence-electron chi connectivity index (χ3n) is 3.74. The van der Waals surface area contributed by atoms with Crippen LogP contribution in [0.4, 0.5) is 0 Å². The van der Waals surface area contributed by atoms with Crippen molar-refractivity contribution < 1.29 is 4.74 Å². The maximum Gasteiger partial charge on any atom is 0.194 e. The highest BCUT2D eigenvalue weighted by Crippen LogP contribution is 2.23. The van der Waals surface area contributed by atoms with Crippen molar-refractivity contribution in [3.63, 3.8) is 0 Å². The molecule has 2 aromatic heterocycles. The number of rotatable bonds is 8. The predicted molar refractivity (Wildman–Crippen MR) is 105 cm³/mol. The summed E-state index contributed by atoms with van der Waals surface area (Å²) in [4.78, 5) is 8.12. The van der Waals surface area contributed by atoms with Crippen LogP contribution < -0.4 is 5.32 Å². The molecule has 0 atom stereocenters. The fourth-order valence-electron chi connectivity index (χ4n) is 2.21. The van der Waals surface area contributed by atoms with Crippen molar-refractivity contribution in [2.24, 2.45) is 12.0 Å². The number of hydrogen-bond donors (Lipinski definition) is 1. The number of guanidine groups is 1. The van der Waals surface area contributed by atoms with Crippen LogP contribution in [0.2, 0.25) is 0 Å². The summed E-state index contributed by atoms with van der Waals surface area (Å²) >= 11 is 5.24. The van der Waals surface area contributed by atoms with Crippen molar-refractivity contribution in [1.29, 1.82) is 0 Å². The average molecular weight is 429 g/mol. The summed E-state index contributed by atoms with van der Waals surface area (Å²) in [5.41, 5.74) is 0. The van der Waals surface area contributed by atoms with Gasteiger partial charge in [-0.25, -0.2) is 4.99 Å². The van der Waals surface area contributed by atoms with Crippen LogP contribution in [0.3, 0.4) is 0 Å². The Kier molecular flexibility index (Phi) is 7.86. The lowest BCUT2D eigenvalue weighted by Crippen LogP contribution is -2.39. The van der Waals surface area contributed by atoms with Gasteiger partial charge in [-0.05, 0) is 41.4 Å². The normalized spacial score (nSPS) is 11.8. The zero-order valence-corrected chi connectivity index (χ0v) is 17.5. The number of nitrogens with zero attached hydrogens (tertiary/aromatic N) is 5. The summed E-state index contributed by atoms with van der Waals surface area (Å²) in [5.74, 6) is 2.58. The third kappa shape index (κ3) is 6.09. The van der Waals surface area contributed by atoms with Gasteiger partial charge in [-0.3, -0.25) is 0 Å². The lowest BCUT2D eigenvalue weighted by molar-refractivity contribution is 0.195. The van der Waals surface area contributed by atoms with Crippen molar-refractivity contribution in [3.05, 3.63) is 32.4 Å². The Balaban J connectivity index is 2.04. The van der Waals surface area contributed by atoms with E-state index in [2.05, 4.69) is 48.5 Å². The summed E-state index contributed by atoms with van der Waals surface area (Å²) < 4.78 is 8.21. The zero-order valence-electron chi connectivity index (χ0n) is 15.1. The standard InChI is InChI=1S/C16H25BrN6OS/c1-12-20-21-15(23(12)3)10-19-16(18-8-5-9-24-4)22(2)11-13-6-7-14(17)25-13/h6-7H,5,8-11H2,1-4H3,(H,18,19). The zero-order chi connectivity index (χ0) is 18.2. The molecule has 138 valence electrons. The molecular formula is C16H25BrN6OS. The van der Waals surface area contributed by atoms with Gasteiger partial charge in [-0.15, -0.1) is 21.5 Å². The van der Waals surface area contributed by atoms with Crippen molar-refractivity contribution >= 4 is 33.2 Å². The molecule has 0 radical (unpaired) electrons. The van der Waals surface area contributed by atoms with E-state index in [-0.39, 0.29) is 0 Å². The van der Waals surface area contributed by atoms with E-state index in [4.69, 9.17) is 9.73 Å². The number of aryl methyl sites for hydroxylation is 1. The largest absolute Gasteiger partial charge is 0.385 e. The van der Waals surface area contributed by atoms with Crippen LogP contribution in [0.15, 0.2) is 20.9 Å². The first kappa shape index (κ1) is 19.9. The molecule has 1 N–H and O–H groups in total. The van der Waals surface area contributed by atoms with Crippen molar-refractivity contribution in [1.82, 2.24) is 25.0 Å². The van der Waals surface area contributed by atoms with E-state index < -0.39 is 0 Å². The van der Waals surface area contributed by atoms with Crippen LogP contribution in [0.1, 0.15) is 22.9 Å². The summed E-state index contributed by atoms with van der Waals surface area (Å²) in [7, 11) is 5.71. The average Bonchev–Trinajstić information content (AvgIpc) is 3.13. The Morgan fingerprint density at radius 3 is 2.84 bits per heavy atom. The molecule has 0 fully saturated rings. The summed E-state index contributed by atoms with van der Waals surface area (Å²) in [6, 6.07) is 4.19. The van der Waals surface area contributed by atoms with Gasteiger partial charge in [0, 0.05) is 39.2 Å². The fourth-order valence-corrected chi connectivity index (χ4v) is 3.74. The number of hydrogen-bond acceptors (Lipinski definition) is 5. The van der Waals surface area contributed by atoms with Crippen LogP contribution in [-0.4, -0.2) is 52.9 Å². The molecule has 7 nitrogen and oxygen atoms in total. The highest BCUT2D eigenvalue weighted by atomic mass is 79.9. The molecule has 2 aromatic rings. The topological polar surface area (TPSA) is 67.6 Å². The first-order valence-electron chi connectivity index (χ1n) is 8.08. The molecular weight excluding hydrogens is 404 g/mol. The van der Waals surface area contributed by atoms with Crippen LogP contribution >= 0.6 is 27.3 Å². The number of ether oxygens (including phenoxy) is 1. The molecule has 9 heteroatoms. The lowest BCUT2D eigenvalue weighted by atomic mass is 10.4. The first-order valence-corrected chi connectivity index (χ1v) is 9.69. The molecule has 0 saturated heterocycles. The Morgan fingerprint density at radius 1 is 1.44 bits per heavy atom. The van der Waals surface area contributed by atoms with E-state index >= 15 is 0 Å². The van der Waals surface area contributed by atoms with E-state index in [9.17, 15) is 0 Å². The molecule has 0 aromatic carbocycles. The van der Waals surface area contributed by atoms with Gasteiger partial charge in [0.25, 0.3) is 0 Å². The molecule has 0 aliphatic carbocycles. The number of aliphatic imine (C=N–C) groups is 1. The molecule has 0 aliphatic heterocycles. The quantitative estimate of drug-likeness (QED) is 0.397. The van der Waals surface area contributed by atoms with Crippen molar-refractivity contribution in [2.45, 2.75) is 26.4 Å². The smallest absolute Gasteiger partial charge is 0.194 e. The number of aromatic nitrogens is 3. The second-order valence-corrected chi connectivity index (χ2v) is 8.24. The van der Waals surface area contributed by atoms with Crippen LogP contribution in [0.5, 0.6) is 0 Å². The number of methoxy groups -OCH3 is 1. The molecule has 0 bridgehead atoms. The van der Waals surface area contributed by atoms with E-state index in [0.29, 0.717) is 6.54 Å². The van der Waals surface area contributed by atoms with Gasteiger partial charge in [-0.2, -0.15) is 0 Å². The van der Waals surface area contributed by atoms with E-state index in [1.807, 2.05) is 25.6 Å². The molecule has 0 saturated carbocycles. The second-order valence-electron chi connectivity index (χ2n) is 5.70. The van der Waals surface area contributed by atoms with Gasteiger partial charge in [0.2, 0.25) is 0 Å². The highest BCUT2D eigenvalue weighted by Gasteiger charge is 2.10. The predicted octanol–water partition coefficient (Wildman–Crippen LogP) is 2.56. The summed E-state index contributed by atoms with van der Waals surface area (Å²) in [6.45, 7) is 4.75. The van der Waals surface area contributed by atoms with E-state index in [1.54, 1.807) is 18.4 Å². The fraction of sp³-hybridized carbons (Fsp3) is 0.562. The molecule has 2 rings (SSSR count). The Morgan fingerprint density at radius 2 is 2.24 bits per heavy atom. The minimum Gasteiger partial charge on any atom is -0.385 e. The minimum absolute atomic E-state index is 0.489. The second kappa shape index (κ2) is 9.88. The van der Waals surface area contributed by atoms with E-state index in [0.717, 1.165) is 47.5 Å². The van der Waals surface area contributed by atoms with Crippen LogP contribution in [0.25, 0.3) is 0 Å². The molecule has 2 heterocycles. The van der Waals surface area contributed by atoms with Gasteiger partial charge in [0.15, 0.2) is 11.8 Å². The monoisotopic (exact) mass is 428 g/mol. The first-order chi connectivity index (χ1) is 12.0. The van der Waals surface area contributed by atoms with Gasteiger partial charge in [-0.1, -0.05) is 0 Å². The summed E-state index contributed by atoms with van der Waals surface area (Å²) in [5, 5.41) is 11.7. The van der Waals surface area contributed by atoms with E-state index in [1.165, 1.54) is 4.88 Å². The number of halogens is 1. The van der Waals surface area contributed by atoms with Crippen LogP contribution in [-0.2, 0) is 24.9 Å². The maximum absolute atomic E-state index is 5.11. The van der Waals surface area contributed by atoms with Crippen molar-refractivity contribution in [2.75, 3.05) is 27.3 Å². The van der Waals surface area contributed by atoms with Gasteiger partial charge in [0.05, 0.1) is 10.3 Å². The number of nitrogens with one attached hydrogen (secondary N) is 1. The Hall–Kier alpha value is -1.45. The molecule has 0 spiro atoms. The molecule has 25 heavy (non-hydrogen) atoms. The maximum atomic E-state index is 5.11. The van der Waals surface area contributed by atoms with Gasteiger partial charge in [0.1, 0.15) is 12.4 Å². The van der Waals surface area contributed by atoms with Crippen LogP contribution in [0, 0.1) is 6.92 Å². The van der Waals surface area contributed by atoms with Gasteiger partial charge < -0.3 is 19.5 Å².